The van der Waals surface area contributed by atoms with Crippen LogP contribution in [0.4, 0.5) is 0 Å². The standard InChI is InChI=1S/C10H19N3O4/c1-7(14)12-5-3-2-4-8(10(16)17)13-9(15)6-11/h8H,2-6,11H2,1H3,(H,12,14)(H,13,15)(H,16,17)/t8-/m1/s1. The number of aliphatic carboxylic acids is 1. The third-order valence-corrected chi connectivity index (χ3v) is 2.11. The average Bonchev–Trinajstić information content (AvgIpc) is 2.26. The molecule has 0 heterocycles. The Morgan fingerprint density at radius 1 is 1.29 bits per heavy atom. The highest BCUT2D eigenvalue weighted by molar-refractivity contribution is 5.84. The highest BCUT2D eigenvalue weighted by atomic mass is 16.4. The summed E-state index contributed by atoms with van der Waals surface area (Å²) in [4.78, 5) is 32.3. The van der Waals surface area contributed by atoms with Crippen LogP contribution in [0.15, 0.2) is 0 Å². The fourth-order valence-corrected chi connectivity index (χ4v) is 1.25. The molecule has 7 nitrogen and oxygen atoms in total. The molecule has 0 rings (SSSR count). The Bertz CT molecular complexity index is 281. The molecule has 0 aliphatic carbocycles. The quantitative estimate of drug-likeness (QED) is 0.401. The van der Waals surface area contributed by atoms with Crippen LogP contribution < -0.4 is 16.4 Å². The fraction of sp³-hybridized carbons (Fsp3) is 0.700. The predicted molar refractivity (Wildman–Crippen MR) is 61.2 cm³/mol. The van der Waals surface area contributed by atoms with Crippen LogP contribution in [0.25, 0.3) is 0 Å². The lowest BCUT2D eigenvalue weighted by molar-refractivity contribution is -0.141. The Kier molecular flexibility index (Phi) is 7.70. The maximum absolute atomic E-state index is 10.9. The van der Waals surface area contributed by atoms with Gasteiger partial charge >= 0.3 is 5.97 Å². The van der Waals surface area contributed by atoms with E-state index in [9.17, 15) is 14.4 Å². The molecule has 0 aromatic rings. The maximum atomic E-state index is 10.9. The highest BCUT2D eigenvalue weighted by Crippen LogP contribution is 2.01. The van der Waals surface area contributed by atoms with Crippen LogP contribution in [0.5, 0.6) is 0 Å². The van der Waals surface area contributed by atoms with E-state index in [1.807, 2.05) is 0 Å². The van der Waals surface area contributed by atoms with Crippen LogP contribution in [0.2, 0.25) is 0 Å². The molecule has 0 radical (unpaired) electrons. The van der Waals surface area contributed by atoms with E-state index < -0.39 is 17.9 Å². The van der Waals surface area contributed by atoms with Gasteiger partial charge in [0, 0.05) is 13.5 Å². The van der Waals surface area contributed by atoms with Gasteiger partial charge in [-0.2, -0.15) is 0 Å². The summed E-state index contributed by atoms with van der Waals surface area (Å²) in [7, 11) is 0. The summed E-state index contributed by atoms with van der Waals surface area (Å²) in [6, 6.07) is -0.914. The van der Waals surface area contributed by atoms with Crippen LogP contribution in [-0.4, -0.2) is 42.0 Å². The van der Waals surface area contributed by atoms with E-state index in [4.69, 9.17) is 10.8 Å². The Morgan fingerprint density at radius 2 is 1.94 bits per heavy atom. The second-order valence-electron chi connectivity index (χ2n) is 3.64. The predicted octanol–water partition coefficient (Wildman–Crippen LogP) is -1.18. The van der Waals surface area contributed by atoms with Gasteiger partial charge in [-0.1, -0.05) is 0 Å². The third-order valence-electron chi connectivity index (χ3n) is 2.11. The van der Waals surface area contributed by atoms with Gasteiger partial charge in [-0.3, -0.25) is 9.59 Å². The van der Waals surface area contributed by atoms with Crippen LogP contribution >= 0.6 is 0 Å². The van der Waals surface area contributed by atoms with Crippen molar-refractivity contribution in [1.82, 2.24) is 10.6 Å². The van der Waals surface area contributed by atoms with Gasteiger partial charge in [-0.25, -0.2) is 4.79 Å². The normalized spacial score (nSPS) is 11.6. The van der Waals surface area contributed by atoms with Gasteiger partial charge in [0.05, 0.1) is 6.54 Å². The van der Waals surface area contributed by atoms with Crippen LogP contribution in [0.1, 0.15) is 26.2 Å². The molecule has 0 saturated heterocycles. The summed E-state index contributed by atoms with van der Waals surface area (Å²) in [6.45, 7) is 1.70. The number of hydrogen-bond donors (Lipinski definition) is 4. The monoisotopic (exact) mass is 245 g/mol. The van der Waals surface area contributed by atoms with Crippen LogP contribution in [0.3, 0.4) is 0 Å². The van der Waals surface area contributed by atoms with Gasteiger partial charge in [0.25, 0.3) is 0 Å². The minimum atomic E-state index is -1.08. The molecule has 0 aromatic heterocycles. The number of rotatable bonds is 8. The van der Waals surface area contributed by atoms with E-state index in [1.165, 1.54) is 6.92 Å². The molecule has 0 bridgehead atoms. The molecular formula is C10H19N3O4. The lowest BCUT2D eigenvalue weighted by atomic mass is 10.1. The highest BCUT2D eigenvalue weighted by Gasteiger charge is 2.18. The van der Waals surface area contributed by atoms with Crippen molar-refractivity contribution in [3.8, 4) is 0 Å². The minimum absolute atomic E-state index is 0.115. The van der Waals surface area contributed by atoms with Gasteiger partial charge in [0.2, 0.25) is 11.8 Å². The molecule has 0 unspecified atom stereocenters. The van der Waals surface area contributed by atoms with Crippen molar-refractivity contribution in [3.05, 3.63) is 0 Å². The van der Waals surface area contributed by atoms with Crippen molar-refractivity contribution in [2.24, 2.45) is 5.73 Å². The number of carboxylic acids is 1. The molecule has 1 atom stereocenters. The van der Waals surface area contributed by atoms with Crippen LogP contribution in [-0.2, 0) is 14.4 Å². The number of unbranched alkanes of at least 4 members (excludes halogenated alkanes) is 1. The minimum Gasteiger partial charge on any atom is -0.480 e. The first-order valence-corrected chi connectivity index (χ1v) is 5.44. The van der Waals surface area contributed by atoms with Crippen molar-refractivity contribution >= 4 is 17.8 Å². The number of hydrogen-bond acceptors (Lipinski definition) is 4. The number of carbonyl (C=O) groups excluding carboxylic acids is 2. The smallest absolute Gasteiger partial charge is 0.326 e. The zero-order valence-electron chi connectivity index (χ0n) is 9.86. The zero-order chi connectivity index (χ0) is 13.3. The van der Waals surface area contributed by atoms with Crippen molar-refractivity contribution < 1.29 is 19.5 Å². The van der Waals surface area contributed by atoms with Crippen molar-refractivity contribution in [1.29, 1.82) is 0 Å². The van der Waals surface area contributed by atoms with Gasteiger partial charge in [0.1, 0.15) is 6.04 Å². The number of carbonyl (C=O) groups is 3. The number of amides is 2. The molecule has 0 saturated carbocycles. The molecule has 0 aromatic carbocycles. The molecule has 7 heteroatoms. The number of nitrogens with two attached hydrogens (primary N) is 1. The summed E-state index contributed by atoms with van der Waals surface area (Å²) in [5.74, 6) is -1.68. The first kappa shape index (κ1) is 15.4. The van der Waals surface area contributed by atoms with E-state index in [-0.39, 0.29) is 12.5 Å². The molecule has 5 N–H and O–H groups in total. The average molecular weight is 245 g/mol. The lowest BCUT2D eigenvalue weighted by Gasteiger charge is -2.13. The Morgan fingerprint density at radius 3 is 2.41 bits per heavy atom. The van der Waals surface area contributed by atoms with Crippen molar-refractivity contribution in [2.75, 3.05) is 13.1 Å². The molecule has 0 spiro atoms. The summed E-state index contributed by atoms with van der Waals surface area (Å²) in [5, 5.41) is 13.8. The molecule has 17 heavy (non-hydrogen) atoms. The van der Waals surface area contributed by atoms with Crippen molar-refractivity contribution in [3.63, 3.8) is 0 Å². The lowest BCUT2D eigenvalue weighted by Crippen LogP contribution is -2.43. The van der Waals surface area contributed by atoms with E-state index in [2.05, 4.69) is 10.6 Å². The van der Waals surface area contributed by atoms with Crippen LogP contribution in [0, 0.1) is 0 Å². The topological polar surface area (TPSA) is 122 Å². The first-order valence-electron chi connectivity index (χ1n) is 5.44. The SMILES string of the molecule is CC(=O)NCCCC[C@@H](NC(=O)CN)C(=O)O. The van der Waals surface area contributed by atoms with E-state index >= 15 is 0 Å². The summed E-state index contributed by atoms with van der Waals surface area (Å²) in [6.07, 6.45) is 1.59. The maximum Gasteiger partial charge on any atom is 0.326 e. The van der Waals surface area contributed by atoms with Gasteiger partial charge in [0.15, 0.2) is 0 Å². The van der Waals surface area contributed by atoms with Gasteiger partial charge < -0.3 is 21.5 Å². The van der Waals surface area contributed by atoms with Gasteiger partial charge in [-0.15, -0.1) is 0 Å². The fourth-order valence-electron chi connectivity index (χ4n) is 1.25. The van der Waals surface area contributed by atoms with Gasteiger partial charge in [-0.05, 0) is 19.3 Å². The first-order chi connectivity index (χ1) is 7.97. The number of nitrogens with one attached hydrogen (secondary N) is 2. The Balaban J connectivity index is 3.82. The summed E-state index contributed by atoms with van der Waals surface area (Å²) in [5.41, 5.74) is 5.08. The molecular weight excluding hydrogens is 226 g/mol. The summed E-state index contributed by atoms with van der Waals surface area (Å²) >= 11 is 0. The Labute approximate surface area is 99.7 Å². The van der Waals surface area contributed by atoms with Crippen molar-refractivity contribution in [2.45, 2.75) is 32.2 Å². The molecule has 0 fully saturated rings. The van der Waals surface area contributed by atoms with E-state index in [0.717, 1.165) is 0 Å². The second-order valence-corrected chi connectivity index (χ2v) is 3.64. The van der Waals surface area contributed by atoms with E-state index in [0.29, 0.717) is 25.8 Å². The van der Waals surface area contributed by atoms with E-state index in [1.54, 1.807) is 0 Å². The molecule has 0 aliphatic heterocycles. The Hall–Kier alpha value is -1.63. The third kappa shape index (κ3) is 8.21. The molecule has 98 valence electrons. The summed E-state index contributed by atoms with van der Waals surface area (Å²) < 4.78 is 0. The second kappa shape index (κ2) is 8.51. The zero-order valence-corrected chi connectivity index (χ0v) is 9.86. The molecule has 0 aliphatic rings. The number of carboxylic acid groups (broad SMARTS) is 1. The largest absolute Gasteiger partial charge is 0.480 e. The molecule has 2 amide bonds.